The van der Waals surface area contributed by atoms with Crippen molar-refractivity contribution in [3.8, 4) is 0 Å². The van der Waals surface area contributed by atoms with Gasteiger partial charge in [-0.25, -0.2) is 4.98 Å². The zero-order valence-corrected chi connectivity index (χ0v) is 12.6. The van der Waals surface area contributed by atoms with Gasteiger partial charge in [-0.2, -0.15) is 0 Å². The predicted octanol–water partition coefficient (Wildman–Crippen LogP) is 2.64. The lowest BCUT2D eigenvalue weighted by Gasteiger charge is -2.15. The first-order valence-corrected chi connectivity index (χ1v) is 7.85. The van der Waals surface area contributed by atoms with E-state index >= 15 is 0 Å². The van der Waals surface area contributed by atoms with Gasteiger partial charge in [0.15, 0.2) is 0 Å². The largest absolute Gasteiger partial charge is 0.345 e. The van der Waals surface area contributed by atoms with Crippen molar-refractivity contribution in [2.24, 2.45) is 5.73 Å². The molecule has 3 N–H and O–H groups in total. The van der Waals surface area contributed by atoms with Gasteiger partial charge in [0.05, 0.1) is 6.04 Å². The molecule has 2 aromatic heterocycles. The molecule has 19 heavy (non-hydrogen) atoms. The number of thiophene rings is 1. The number of nitrogens with zero attached hydrogens (tertiary/aromatic N) is 1. The van der Waals surface area contributed by atoms with E-state index in [4.69, 9.17) is 5.73 Å². The minimum atomic E-state index is -0.604. The van der Waals surface area contributed by atoms with Crippen molar-refractivity contribution in [2.75, 3.05) is 0 Å². The molecule has 2 aromatic rings. The monoisotopic (exact) mass is 295 g/mol. The Morgan fingerprint density at radius 3 is 2.95 bits per heavy atom. The zero-order chi connectivity index (χ0) is 13.8. The summed E-state index contributed by atoms with van der Waals surface area (Å²) in [4.78, 5) is 18.5. The van der Waals surface area contributed by atoms with Crippen molar-refractivity contribution >= 4 is 28.6 Å². The predicted molar refractivity (Wildman–Crippen MR) is 79.3 cm³/mol. The SMILES string of the molecule is CCc1cnc(C(C)NC(=O)C(N)c2cccs2)s1. The first-order valence-electron chi connectivity index (χ1n) is 6.15. The average Bonchev–Trinajstić information content (AvgIpc) is 3.08. The van der Waals surface area contributed by atoms with Crippen LogP contribution in [0.3, 0.4) is 0 Å². The summed E-state index contributed by atoms with van der Waals surface area (Å²) in [5, 5.41) is 5.75. The number of carbonyl (C=O) groups excluding carboxylic acids is 1. The maximum Gasteiger partial charge on any atom is 0.242 e. The van der Waals surface area contributed by atoms with Crippen molar-refractivity contribution in [3.63, 3.8) is 0 Å². The molecule has 0 aromatic carbocycles. The van der Waals surface area contributed by atoms with Crippen LogP contribution >= 0.6 is 22.7 Å². The quantitative estimate of drug-likeness (QED) is 0.891. The Balaban J connectivity index is 1.98. The number of rotatable bonds is 5. The van der Waals surface area contributed by atoms with Gasteiger partial charge in [0.25, 0.3) is 0 Å². The molecule has 0 aliphatic carbocycles. The molecular formula is C13H17N3OS2. The minimum Gasteiger partial charge on any atom is -0.345 e. The molecule has 2 unspecified atom stereocenters. The highest BCUT2D eigenvalue weighted by Crippen LogP contribution is 2.22. The third-order valence-corrected chi connectivity index (χ3v) is 5.06. The van der Waals surface area contributed by atoms with Gasteiger partial charge in [-0.15, -0.1) is 22.7 Å². The van der Waals surface area contributed by atoms with E-state index < -0.39 is 6.04 Å². The Morgan fingerprint density at radius 1 is 1.58 bits per heavy atom. The van der Waals surface area contributed by atoms with Gasteiger partial charge in [0.1, 0.15) is 11.0 Å². The van der Waals surface area contributed by atoms with Gasteiger partial charge < -0.3 is 11.1 Å². The van der Waals surface area contributed by atoms with Crippen LogP contribution in [0, 0.1) is 0 Å². The van der Waals surface area contributed by atoms with E-state index in [1.165, 1.54) is 16.2 Å². The van der Waals surface area contributed by atoms with Crippen LogP contribution in [0.4, 0.5) is 0 Å². The molecule has 1 amide bonds. The molecule has 0 aliphatic rings. The van der Waals surface area contributed by atoms with Gasteiger partial charge in [-0.05, 0) is 24.8 Å². The highest BCUT2D eigenvalue weighted by Gasteiger charge is 2.20. The van der Waals surface area contributed by atoms with E-state index in [9.17, 15) is 4.79 Å². The van der Waals surface area contributed by atoms with E-state index in [0.29, 0.717) is 0 Å². The summed E-state index contributed by atoms with van der Waals surface area (Å²) >= 11 is 3.12. The van der Waals surface area contributed by atoms with E-state index in [1.807, 2.05) is 30.6 Å². The van der Waals surface area contributed by atoms with E-state index in [2.05, 4.69) is 17.2 Å². The first-order chi connectivity index (χ1) is 9.11. The molecule has 0 saturated heterocycles. The summed E-state index contributed by atoms with van der Waals surface area (Å²) < 4.78 is 0. The molecule has 2 heterocycles. The third-order valence-electron chi connectivity index (χ3n) is 2.78. The normalized spacial score (nSPS) is 14.1. The summed E-state index contributed by atoms with van der Waals surface area (Å²) in [6, 6.07) is 3.06. The molecule has 0 fully saturated rings. The summed E-state index contributed by atoms with van der Waals surface area (Å²) in [5.41, 5.74) is 5.92. The standard InChI is InChI=1S/C13H17N3OS2/c1-3-9-7-15-13(19-9)8(2)16-12(17)11(14)10-5-4-6-18-10/h4-8,11H,3,14H2,1-2H3,(H,16,17). The summed E-state index contributed by atoms with van der Waals surface area (Å²) in [6.07, 6.45) is 2.83. The number of hydrogen-bond acceptors (Lipinski definition) is 5. The summed E-state index contributed by atoms with van der Waals surface area (Å²) in [7, 11) is 0. The number of amides is 1. The third kappa shape index (κ3) is 3.40. The molecular weight excluding hydrogens is 278 g/mol. The molecule has 102 valence electrons. The Bertz CT molecular complexity index is 536. The van der Waals surface area contributed by atoms with Gasteiger partial charge in [0.2, 0.25) is 5.91 Å². The number of nitrogens with one attached hydrogen (secondary N) is 1. The summed E-state index contributed by atoms with van der Waals surface area (Å²) in [5.74, 6) is -0.164. The lowest BCUT2D eigenvalue weighted by Crippen LogP contribution is -2.35. The van der Waals surface area contributed by atoms with Crippen LogP contribution in [0.25, 0.3) is 0 Å². The first kappa shape index (κ1) is 14.2. The molecule has 0 saturated carbocycles. The van der Waals surface area contributed by atoms with Crippen LogP contribution in [0.1, 0.15) is 40.7 Å². The number of nitrogens with two attached hydrogens (primary N) is 1. The van der Waals surface area contributed by atoms with Crippen molar-refractivity contribution in [1.82, 2.24) is 10.3 Å². The molecule has 0 bridgehead atoms. The van der Waals surface area contributed by atoms with Gasteiger partial charge in [-0.1, -0.05) is 13.0 Å². The number of aryl methyl sites for hydroxylation is 1. The van der Waals surface area contributed by atoms with Crippen LogP contribution < -0.4 is 11.1 Å². The van der Waals surface area contributed by atoms with Crippen LogP contribution in [-0.2, 0) is 11.2 Å². The molecule has 2 atom stereocenters. The fourth-order valence-electron chi connectivity index (χ4n) is 1.65. The minimum absolute atomic E-state index is 0.108. The Kier molecular flexibility index (Phi) is 4.68. The average molecular weight is 295 g/mol. The molecule has 6 heteroatoms. The van der Waals surface area contributed by atoms with Crippen LogP contribution in [0.5, 0.6) is 0 Å². The van der Waals surface area contributed by atoms with Gasteiger partial charge >= 0.3 is 0 Å². The Hall–Kier alpha value is -1.24. The smallest absolute Gasteiger partial charge is 0.242 e. The van der Waals surface area contributed by atoms with Gasteiger partial charge in [0, 0.05) is 16.0 Å². The number of hydrogen-bond donors (Lipinski definition) is 2. The topological polar surface area (TPSA) is 68.0 Å². The second-order valence-electron chi connectivity index (χ2n) is 4.24. The second kappa shape index (κ2) is 6.27. The molecule has 0 radical (unpaired) electrons. The lowest BCUT2D eigenvalue weighted by molar-refractivity contribution is -0.123. The maximum absolute atomic E-state index is 12.0. The number of thiazole rings is 1. The lowest BCUT2D eigenvalue weighted by atomic mass is 10.2. The van der Waals surface area contributed by atoms with Crippen molar-refractivity contribution < 1.29 is 4.79 Å². The van der Waals surface area contributed by atoms with Crippen molar-refractivity contribution in [2.45, 2.75) is 32.4 Å². The molecule has 2 rings (SSSR count). The number of aromatic nitrogens is 1. The summed E-state index contributed by atoms with van der Waals surface area (Å²) in [6.45, 7) is 4.02. The number of carbonyl (C=O) groups is 1. The fraction of sp³-hybridized carbons (Fsp3) is 0.385. The highest BCUT2D eigenvalue weighted by molar-refractivity contribution is 7.11. The van der Waals surface area contributed by atoms with Crippen molar-refractivity contribution in [1.29, 1.82) is 0 Å². The maximum atomic E-state index is 12.0. The van der Waals surface area contributed by atoms with Crippen LogP contribution in [0.15, 0.2) is 23.7 Å². The van der Waals surface area contributed by atoms with Crippen molar-refractivity contribution in [3.05, 3.63) is 38.5 Å². The van der Waals surface area contributed by atoms with E-state index in [-0.39, 0.29) is 11.9 Å². The second-order valence-corrected chi connectivity index (χ2v) is 6.37. The van der Waals surface area contributed by atoms with E-state index in [0.717, 1.165) is 16.3 Å². The Labute approximate surface area is 120 Å². The molecule has 0 aliphatic heterocycles. The highest BCUT2D eigenvalue weighted by atomic mass is 32.1. The Morgan fingerprint density at radius 2 is 2.37 bits per heavy atom. The van der Waals surface area contributed by atoms with Crippen LogP contribution in [-0.4, -0.2) is 10.9 Å². The zero-order valence-electron chi connectivity index (χ0n) is 10.9. The molecule has 4 nitrogen and oxygen atoms in total. The van der Waals surface area contributed by atoms with Crippen LogP contribution in [0.2, 0.25) is 0 Å². The molecule has 0 spiro atoms. The van der Waals surface area contributed by atoms with Gasteiger partial charge in [-0.3, -0.25) is 4.79 Å². The van der Waals surface area contributed by atoms with E-state index in [1.54, 1.807) is 11.3 Å². The fourth-order valence-corrected chi connectivity index (χ4v) is 3.23.